The third kappa shape index (κ3) is 4.55. The number of piperidine rings is 1. The normalized spacial score (nSPS) is 20.4. The topological polar surface area (TPSA) is 75.0 Å². The van der Waals surface area contributed by atoms with Crippen molar-refractivity contribution in [2.45, 2.75) is 65.2 Å². The number of rotatable bonds is 7. The second-order valence-electron chi connectivity index (χ2n) is 10.9. The molecule has 39 heavy (non-hydrogen) atoms. The van der Waals surface area contributed by atoms with E-state index in [1.165, 1.54) is 12.5 Å². The summed E-state index contributed by atoms with van der Waals surface area (Å²) in [6.45, 7) is 13.6. The standard InChI is InChI=1S/C29H34F2N8/c1-6-38-21-11-22(38)15-37(14-21)17(4)19-7-8-26(32-12-19)35-29-33-13-24(31)27(36-29)20-9-23(30)28-25(10-20)39(16(2)3)18(5)34-28/h7-10,12-13,16-17,21-22H,6,11,14-15H2,1-5H3,(H,32,33,35,36)/t17-,21?,22?/m1/s1. The first-order chi connectivity index (χ1) is 18.7. The quantitative estimate of drug-likeness (QED) is 0.330. The molecule has 2 bridgehead atoms. The number of nitrogens with zero attached hydrogens (tertiary/aromatic N) is 7. The zero-order chi connectivity index (χ0) is 27.4. The van der Waals surface area contributed by atoms with E-state index in [0.29, 0.717) is 34.8 Å². The maximum atomic E-state index is 15.0. The molecular weight excluding hydrogens is 498 g/mol. The number of aryl methyl sites for hydroxylation is 1. The Bertz CT molecular complexity index is 1500. The van der Waals surface area contributed by atoms with Crippen molar-refractivity contribution >= 4 is 22.8 Å². The number of halogens is 2. The van der Waals surface area contributed by atoms with Crippen LogP contribution in [0.25, 0.3) is 22.3 Å². The predicted octanol–water partition coefficient (Wildman–Crippen LogP) is 5.64. The molecule has 0 radical (unpaired) electrons. The molecule has 6 heterocycles. The van der Waals surface area contributed by atoms with Crippen LogP contribution in [-0.4, -0.2) is 66.0 Å². The van der Waals surface area contributed by atoms with Crippen LogP contribution in [0.1, 0.15) is 57.6 Å². The molecule has 3 aliphatic heterocycles. The monoisotopic (exact) mass is 532 g/mol. The van der Waals surface area contributed by atoms with Gasteiger partial charge >= 0.3 is 0 Å². The first-order valence-electron chi connectivity index (χ1n) is 13.7. The van der Waals surface area contributed by atoms with Crippen molar-refractivity contribution in [3.8, 4) is 11.3 Å². The van der Waals surface area contributed by atoms with E-state index in [1.54, 1.807) is 6.07 Å². The molecule has 0 aliphatic carbocycles. The van der Waals surface area contributed by atoms with E-state index in [1.807, 2.05) is 37.6 Å². The molecule has 4 aromatic rings. The lowest BCUT2D eigenvalue weighted by Crippen LogP contribution is -2.68. The Morgan fingerprint density at radius 3 is 2.44 bits per heavy atom. The van der Waals surface area contributed by atoms with Crippen LogP contribution in [0.15, 0.2) is 36.7 Å². The van der Waals surface area contributed by atoms with E-state index in [-0.39, 0.29) is 29.2 Å². The Hall–Kier alpha value is -3.50. The highest BCUT2D eigenvalue weighted by atomic mass is 19.1. The smallest absolute Gasteiger partial charge is 0.229 e. The fourth-order valence-electron chi connectivity index (χ4n) is 6.29. The van der Waals surface area contributed by atoms with Crippen LogP contribution in [-0.2, 0) is 0 Å². The molecule has 1 aromatic carbocycles. The summed E-state index contributed by atoms with van der Waals surface area (Å²) in [6.07, 6.45) is 4.27. The largest absolute Gasteiger partial charge is 0.326 e. The molecule has 0 amide bonds. The average Bonchev–Trinajstić information content (AvgIpc) is 3.26. The number of nitrogens with one attached hydrogen (secondary N) is 1. The van der Waals surface area contributed by atoms with Crippen molar-refractivity contribution in [2.24, 2.45) is 0 Å². The van der Waals surface area contributed by atoms with Gasteiger partial charge in [-0.25, -0.2) is 28.7 Å². The Balaban J connectivity index is 1.22. The van der Waals surface area contributed by atoms with Gasteiger partial charge < -0.3 is 9.88 Å². The molecule has 8 nitrogen and oxygen atoms in total. The summed E-state index contributed by atoms with van der Waals surface area (Å²) < 4.78 is 31.8. The molecule has 3 atom stereocenters. The third-order valence-corrected chi connectivity index (χ3v) is 8.25. The van der Waals surface area contributed by atoms with Crippen LogP contribution >= 0.6 is 0 Å². The average molecular weight is 533 g/mol. The Kier molecular flexibility index (Phi) is 6.55. The van der Waals surface area contributed by atoms with Gasteiger partial charge in [0, 0.05) is 49.0 Å². The summed E-state index contributed by atoms with van der Waals surface area (Å²) in [5.74, 6) is 0.287. The minimum absolute atomic E-state index is 0.0116. The Labute approximate surface area is 227 Å². The molecule has 3 aliphatic rings. The molecule has 2 unspecified atom stereocenters. The Morgan fingerprint density at radius 2 is 1.77 bits per heavy atom. The van der Waals surface area contributed by atoms with Crippen LogP contribution in [0, 0.1) is 18.6 Å². The third-order valence-electron chi connectivity index (χ3n) is 8.25. The molecule has 7 rings (SSSR count). The number of anilines is 2. The zero-order valence-corrected chi connectivity index (χ0v) is 23.0. The number of imidazole rings is 1. The number of hydrogen-bond donors (Lipinski definition) is 1. The molecule has 1 N–H and O–H groups in total. The molecular formula is C29H34F2N8. The van der Waals surface area contributed by atoms with Crippen LogP contribution in [0.5, 0.6) is 0 Å². The van der Waals surface area contributed by atoms with Crippen molar-refractivity contribution in [3.63, 3.8) is 0 Å². The fourth-order valence-corrected chi connectivity index (χ4v) is 6.29. The van der Waals surface area contributed by atoms with Gasteiger partial charge in [-0.15, -0.1) is 0 Å². The first kappa shape index (κ1) is 25.8. The second kappa shape index (κ2) is 9.91. The number of benzene rings is 1. The molecule has 3 saturated heterocycles. The fraction of sp³-hybridized carbons (Fsp3) is 0.448. The van der Waals surface area contributed by atoms with Gasteiger partial charge in [0.25, 0.3) is 0 Å². The van der Waals surface area contributed by atoms with Crippen LogP contribution in [0.4, 0.5) is 20.5 Å². The lowest BCUT2D eigenvalue weighted by molar-refractivity contribution is -0.0772. The van der Waals surface area contributed by atoms with Gasteiger partial charge in [0.2, 0.25) is 5.95 Å². The lowest BCUT2D eigenvalue weighted by Gasteiger charge is -2.57. The van der Waals surface area contributed by atoms with Crippen molar-refractivity contribution in [2.75, 3.05) is 25.0 Å². The van der Waals surface area contributed by atoms with E-state index in [2.05, 4.69) is 55.0 Å². The van der Waals surface area contributed by atoms with Gasteiger partial charge in [-0.1, -0.05) is 13.0 Å². The molecule has 10 heteroatoms. The van der Waals surface area contributed by atoms with Crippen molar-refractivity contribution in [1.82, 2.24) is 34.3 Å². The minimum atomic E-state index is -0.634. The van der Waals surface area contributed by atoms with Crippen LogP contribution < -0.4 is 5.32 Å². The predicted molar refractivity (Wildman–Crippen MR) is 148 cm³/mol. The van der Waals surface area contributed by atoms with Crippen molar-refractivity contribution in [1.29, 1.82) is 0 Å². The van der Waals surface area contributed by atoms with E-state index in [4.69, 9.17) is 0 Å². The van der Waals surface area contributed by atoms with Gasteiger partial charge in [0.05, 0.1) is 11.7 Å². The summed E-state index contributed by atoms with van der Waals surface area (Å²) >= 11 is 0. The van der Waals surface area contributed by atoms with Crippen LogP contribution in [0.2, 0.25) is 0 Å². The van der Waals surface area contributed by atoms with Gasteiger partial charge in [-0.3, -0.25) is 9.80 Å². The van der Waals surface area contributed by atoms with Gasteiger partial charge in [0.15, 0.2) is 11.6 Å². The molecule has 3 aromatic heterocycles. The minimum Gasteiger partial charge on any atom is -0.326 e. The highest BCUT2D eigenvalue weighted by Crippen LogP contribution is 2.36. The number of likely N-dealkylation sites (N-methyl/N-ethyl adjacent to an activating group) is 1. The summed E-state index contributed by atoms with van der Waals surface area (Å²) in [5.41, 5.74) is 2.34. The van der Waals surface area contributed by atoms with Crippen molar-refractivity contribution < 1.29 is 8.78 Å². The number of aromatic nitrogens is 5. The summed E-state index contributed by atoms with van der Waals surface area (Å²) in [4.78, 5) is 22.5. The van der Waals surface area contributed by atoms with Gasteiger partial charge in [-0.2, -0.15) is 0 Å². The molecule has 204 valence electrons. The lowest BCUT2D eigenvalue weighted by atomic mass is 9.86. The molecule has 3 fully saturated rings. The summed E-state index contributed by atoms with van der Waals surface area (Å²) in [6, 6.07) is 8.62. The van der Waals surface area contributed by atoms with E-state index in [0.717, 1.165) is 31.4 Å². The maximum absolute atomic E-state index is 15.0. The summed E-state index contributed by atoms with van der Waals surface area (Å²) in [5, 5.41) is 3.07. The van der Waals surface area contributed by atoms with E-state index in [9.17, 15) is 8.78 Å². The van der Waals surface area contributed by atoms with Gasteiger partial charge in [-0.05, 0) is 64.4 Å². The Morgan fingerprint density at radius 1 is 1.00 bits per heavy atom. The number of fused-ring (bicyclic) bond motifs is 3. The first-order valence-corrected chi connectivity index (χ1v) is 13.7. The van der Waals surface area contributed by atoms with E-state index >= 15 is 0 Å². The highest BCUT2D eigenvalue weighted by Gasteiger charge is 2.44. The highest BCUT2D eigenvalue weighted by molar-refractivity contribution is 5.83. The SMILES string of the molecule is CCN1C2CC1CN([C@H](C)c1ccc(Nc3ncc(F)c(-c4cc(F)c5nc(C)n(C(C)C)c5c4)n3)nc1)C2. The molecule has 0 saturated carbocycles. The number of hydrogen-bond acceptors (Lipinski definition) is 7. The number of pyridine rings is 1. The maximum Gasteiger partial charge on any atom is 0.229 e. The van der Waals surface area contributed by atoms with Gasteiger partial charge in [0.1, 0.15) is 22.9 Å². The van der Waals surface area contributed by atoms with E-state index < -0.39 is 11.6 Å². The van der Waals surface area contributed by atoms with Crippen molar-refractivity contribution in [3.05, 3.63) is 59.7 Å². The summed E-state index contributed by atoms with van der Waals surface area (Å²) in [7, 11) is 0. The zero-order valence-electron chi connectivity index (χ0n) is 23.0. The number of piperazine rings is 1. The second-order valence-corrected chi connectivity index (χ2v) is 10.9. The molecule has 0 spiro atoms. The van der Waals surface area contributed by atoms with Crippen LogP contribution in [0.3, 0.4) is 0 Å².